The Morgan fingerprint density at radius 2 is 1.68 bits per heavy atom. The van der Waals surface area contributed by atoms with Crippen molar-refractivity contribution in [2.75, 3.05) is 19.7 Å². The van der Waals surface area contributed by atoms with Crippen molar-refractivity contribution in [3.8, 4) is 17.1 Å². The van der Waals surface area contributed by atoms with Crippen LogP contribution >= 0.6 is 0 Å². The molecule has 40 heavy (non-hydrogen) atoms. The van der Waals surface area contributed by atoms with Crippen LogP contribution in [0.1, 0.15) is 44.7 Å². The number of ether oxygens (including phenoxy) is 2. The first-order valence-electron chi connectivity index (χ1n) is 13.9. The number of likely N-dealkylation sites (tertiary alicyclic amines) is 1. The lowest BCUT2D eigenvalue weighted by Crippen LogP contribution is -2.40. The van der Waals surface area contributed by atoms with Gasteiger partial charge in [0.15, 0.2) is 8.32 Å². The fourth-order valence-electron chi connectivity index (χ4n) is 4.20. The minimum Gasteiger partial charge on any atom is -0.463 e. The predicted molar refractivity (Wildman–Crippen MR) is 156 cm³/mol. The van der Waals surface area contributed by atoms with Crippen molar-refractivity contribution >= 4 is 14.4 Å². The lowest BCUT2D eigenvalue weighted by molar-refractivity contribution is 0.0753. The maximum atomic E-state index is 15.4. The zero-order valence-corrected chi connectivity index (χ0v) is 25.2. The molecule has 0 unspecified atom stereocenters. The molecule has 0 atom stereocenters. The van der Waals surface area contributed by atoms with Gasteiger partial charge in [-0.15, -0.1) is 0 Å². The highest BCUT2D eigenvalue weighted by molar-refractivity contribution is 6.74. The Morgan fingerprint density at radius 1 is 1.00 bits per heavy atom. The normalized spacial score (nSPS) is 14.7. The number of hydrogen-bond donors (Lipinski definition) is 0. The first-order chi connectivity index (χ1) is 19.0. The predicted octanol–water partition coefficient (Wildman–Crippen LogP) is 7.23. The molecule has 3 aromatic rings. The van der Waals surface area contributed by atoms with Gasteiger partial charge in [-0.2, -0.15) is 0 Å². The summed E-state index contributed by atoms with van der Waals surface area (Å²) in [5.74, 6) is -0.0241. The fourth-order valence-corrected chi connectivity index (χ4v) is 5.15. The van der Waals surface area contributed by atoms with Gasteiger partial charge in [0, 0.05) is 42.2 Å². The van der Waals surface area contributed by atoms with Crippen LogP contribution in [0.2, 0.25) is 18.1 Å². The van der Waals surface area contributed by atoms with E-state index in [4.69, 9.17) is 13.9 Å². The average molecular weight is 566 g/mol. The molecule has 0 N–H and O–H groups in total. The summed E-state index contributed by atoms with van der Waals surface area (Å²) in [6.45, 7) is 13.0. The molecule has 1 aliphatic heterocycles. The molecule has 1 saturated heterocycles. The highest BCUT2D eigenvalue weighted by Crippen LogP contribution is 2.37. The second-order valence-corrected chi connectivity index (χ2v) is 16.7. The monoisotopic (exact) mass is 565 g/mol. The molecule has 1 amide bonds. The first-order valence-corrected chi connectivity index (χ1v) is 16.8. The maximum Gasteiger partial charge on any atom is 0.410 e. The van der Waals surface area contributed by atoms with Crippen LogP contribution in [0.3, 0.4) is 0 Å². The smallest absolute Gasteiger partial charge is 0.410 e. The molecule has 7 nitrogen and oxygen atoms in total. The molecule has 1 fully saturated rings. The SMILES string of the molecule is CC(C)(C)[Si](C)(C)OCc1cccc(-c2cnc(OCC3CCN(C(=O)OCc4ccccc4)CC3)nc2)c1F. The number of hydrogen-bond acceptors (Lipinski definition) is 6. The number of amides is 1. The third-order valence-corrected chi connectivity index (χ3v) is 12.4. The van der Waals surface area contributed by atoms with E-state index >= 15 is 4.39 Å². The largest absolute Gasteiger partial charge is 0.463 e. The van der Waals surface area contributed by atoms with E-state index in [-0.39, 0.29) is 42.1 Å². The van der Waals surface area contributed by atoms with Crippen molar-refractivity contribution in [1.82, 2.24) is 14.9 Å². The van der Waals surface area contributed by atoms with Crippen LogP contribution in [-0.4, -0.2) is 49.0 Å². The van der Waals surface area contributed by atoms with Crippen LogP contribution in [0.4, 0.5) is 9.18 Å². The molecular formula is C31H40FN3O4Si. The molecule has 0 radical (unpaired) electrons. The Balaban J connectivity index is 1.25. The van der Waals surface area contributed by atoms with Crippen molar-refractivity contribution in [2.45, 2.75) is 65.0 Å². The van der Waals surface area contributed by atoms with Crippen LogP contribution in [0.25, 0.3) is 11.1 Å². The van der Waals surface area contributed by atoms with Gasteiger partial charge in [0.1, 0.15) is 12.4 Å². The van der Waals surface area contributed by atoms with Gasteiger partial charge in [-0.05, 0) is 42.5 Å². The molecule has 0 saturated carbocycles. The van der Waals surface area contributed by atoms with E-state index in [0.717, 1.165) is 18.4 Å². The summed E-state index contributed by atoms with van der Waals surface area (Å²) in [6.07, 6.45) is 4.51. The van der Waals surface area contributed by atoms with E-state index in [1.807, 2.05) is 36.4 Å². The highest BCUT2D eigenvalue weighted by Gasteiger charge is 2.37. The molecule has 1 aromatic heterocycles. The van der Waals surface area contributed by atoms with Gasteiger partial charge in [0.25, 0.3) is 0 Å². The Bertz CT molecular complexity index is 1260. The summed E-state index contributed by atoms with van der Waals surface area (Å²) < 4.78 is 32.9. The van der Waals surface area contributed by atoms with Crippen LogP contribution in [0.5, 0.6) is 6.01 Å². The Morgan fingerprint density at radius 3 is 2.33 bits per heavy atom. The van der Waals surface area contributed by atoms with E-state index in [1.54, 1.807) is 29.4 Å². The van der Waals surface area contributed by atoms with Gasteiger partial charge < -0.3 is 18.8 Å². The van der Waals surface area contributed by atoms with Gasteiger partial charge in [-0.3, -0.25) is 0 Å². The van der Waals surface area contributed by atoms with Crippen LogP contribution in [-0.2, 0) is 22.4 Å². The van der Waals surface area contributed by atoms with Crippen molar-refractivity contribution < 1.29 is 23.1 Å². The zero-order chi connectivity index (χ0) is 28.8. The molecule has 0 bridgehead atoms. The van der Waals surface area contributed by atoms with Gasteiger partial charge in [0.2, 0.25) is 0 Å². The number of rotatable bonds is 9. The molecule has 214 valence electrons. The lowest BCUT2D eigenvalue weighted by atomic mass is 9.98. The molecule has 0 spiro atoms. The van der Waals surface area contributed by atoms with Gasteiger partial charge in [-0.1, -0.05) is 69.3 Å². The fraction of sp³-hybridized carbons (Fsp3) is 0.452. The molecule has 2 heterocycles. The minimum absolute atomic E-state index is 0.0517. The quantitative estimate of drug-likeness (QED) is 0.255. The Kier molecular flexibility index (Phi) is 9.58. The number of aromatic nitrogens is 2. The topological polar surface area (TPSA) is 73.8 Å². The molecule has 4 rings (SSSR count). The van der Waals surface area contributed by atoms with Crippen LogP contribution < -0.4 is 4.74 Å². The summed E-state index contributed by atoms with van der Waals surface area (Å²) in [5, 5.41) is 0.0517. The first kappa shape index (κ1) is 29.7. The van der Waals surface area contributed by atoms with E-state index in [0.29, 0.717) is 36.4 Å². The standard InChI is InChI=1S/C31H40FN3O4Si/c1-31(2,3)40(4,5)39-22-25-12-9-13-27(28(25)32)26-18-33-29(34-19-26)37-20-24-14-16-35(17-15-24)30(36)38-21-23-10-7-6-8-11-23/h6-13,18-19,24H,14-17,20-22H2,1-5H3. The Labute approximate surface area is 237 Å². The van der Waals surface area contributed by atoms with Gasteiger partial charge in [-0.25, -0.2) is 19.2 Å². The summed E-state index contributed by atoms with van der Waals surface area (Å²) in [5.41, 5.74) is 2.52. The molecule has 1 aliphatic rings. The lowest BCUT2D eigenvalue weighted by Gasteiger charge is -2.36. The maximum absolute atomic E-state index is 15.4. The third-order valence-electron chi connectivity index (χ3n) is 7.94. The molecule has 9 heteroatoms. The highest BCUT2D eigenvalue weighted by atomic mass is 28.4. The van der Waals surface area contributed by atoms with Crippen molar-refractivity contribution in [2.24, 2.45) is 5.92 Å². The number of benzene rings is 2. The summed E-state index contributed by atoms with van der Waals surface area (Å²) in [7, 11) is -2.00. The van der Waals surface area contributed by atoms with Crippen molar-refractivity contribution in [3.63, 3.8) is 0 Å². The van der Waals surface area contributed by atoms with E-state index in [9.17, 15) is 4.79 Å². The number of carbonyl (C=O) groups excluding carboxylic acids is 1. The van der Waals surface area contributed by atoms with Crippen LogP contribution in [0, 0.1) is 11.7 Å². The van der Waals surface area contributed by atoms with E-state index < -0.39 is 8.32 Å². The molecular weight excluding hydrogens is 525 g/mol. The second kappa shape index (κ2) is 12.9. The van der Waals surface area contributed by atoms with Crippen molar-refractivity contribution in [3.05, 3.63) is 77.9 Å². The average Bonchev–Trinajstić information content (AvgIpc) is 2.95. The van der Waals surface area contributed by atoms with Crippen LogP contribution in [0.15, 0.2) is 60.9 Å². The molecule has 2 aromatic carbocycles. The third kappa shape index (κ3) is 7.66. The number of carbonyl (C=O) groups is 1. The Hall–Kier alpha value is -3.30. The van der Waals surface area contributed by atoms with E-state index in [2.05, 4.69) is 43.8 Å². The summed E-state index contributed by atoms with van der Waals surface area (Å²) in [6, 6.07) is 15.2. The van der Waals surface area contributed by atoms with E-state index in [1.165, 1.54) is 0 Å². The minimum atomic E-state index is -2.00. The summed E-state index contributed by atoms with van der Waals surface area (Å²) >= 11 is 0. The second-order valence-electron chi connectivity index (χ2n) is 11.9. The number of piperidine rings is 1. The van der Waals surface area contributed by atoms with Crippen molar-refractivity contribution in [1.29, 1.82) is 0 Å². The zero-order valence-electron chi connectivity index (χ0n) is 24.2. The number of halogens is 1. The van der Waals surface area contributed by atoms with Gasteiger partial charge in [0.05, 0.1) is 13.2 Å². The van der Waals surface area contributed by atoms with Gasteiger partial charge >= 0.3 is 12.1 Å². The molecule has 0 aliphatic carbocycles. The number of nitrogens with zero attached hydrogens (tertiary/aromatic N) is 3. The summed E-state index contributed by atoms with van der Waals surface area (Å²) in [4.78, 5) is 22.8.